The second kappa shape index (κ2) is 5.76. The van der Waals surface area contributed by atoms with E-state index in [2.05, 4.69) is 5.32 Å². The van der Waals surface area contributed by atoms with Gasteiger partial charge in [0.15, 0.2) is 0 Å². The molecule has 1 aliphatic heterocycles. The molecule has 1 N–H and O–H groups in total. The number of anilines is 1. The number of hydrogen-bond acceptors (Lipinski definition) is 6. The zero-order valence-corrected chi connectivity index (χ0v) is 11.8. The van der Waals surface area contributed by atoms with E-state index in [0.717, 1.165) is 4.90 Å². The van der Waals surface area contributed by atoms with Crippen molar-refractivity contribution in [3.05, 3.63) is 70.3 Å². The summed E-state index contributed by atoms with van der Waals surface area (Å²) in [5, 5.41) is 13.4. The Hall–Kier alpha value is -3.42. The van der Waals surface area contributed by atoms with Crippen LogP contribution in [0.25, 0.3) is 0 Å². The molecule has 23 heavy (non-hydrogen) atoms. The lowest BCUT2D eigenvalue weighted by Gasteiger charge is -2.13. The van der Waals surface area contributed by atoms with Crippen LogP contribution < -0.4 is 5.32 Å². The maximum atomic E-state index is 12.2. The number of nitrogens with zero attached hydrogens (tertiary/aromatic N) is 2. The molecule has 116 valence electrons. The van der Waals surface area contributed by atoms with Gasteiger partial charge in [-0.25, -0.2) is 0 Å². The molecule has 0 aliphatic carbocycles. The minimum Gasteiger partial charge on any atom is -0.467 e. The Morgan fingerprint density at radius 2 is 1.91 bits per heavy atom. The number of carbonyl (C=O) groups excluding carboxylic acids is 2. The number of carbonyl (C=O) groups is 2. The largest absolute Gasteiger partial charge is 0.467 e. The molecule has 0 fully saturated rings. The lowest BCUT2D eigenvalue weighted by Crippen LogP contribution is -2.31. The van der Waals surface area contributed by atoms with Gasteiger partial charge in [0.25, 0.3) is 17.5 Å². The lowest BCUT2D eigenvalue weighted by atomic mass is 10.2. The maximum Gasteiger partial charge on any atom is 0.277 e. The molecule has 0 radical (unpaired) electrons. The zero-order chi connectivity index (χ0) is 16.4. The lowest BCUT2D eigenvalue weighted by molar-refractivity contribution is -0.384. The van der Waals surface area contributed by atoms with Crippen LogP contribution in [0.1, 0.15) is 5.76 Å². The molecular formula is C15H11N3O5. The number of furan rings is 1. The van der Waals surface area contributed by atoms with Crippen LogP contribution in [0.5, 0.6) is 0 Å². The highest BCUT2D eigenvalue weighted by Gasteiger charge is 2.31. The number of nitrogens with one attached hydrogen (secondary N) is 1. The third kappa shape index (κ3) is 2.95. The van der Waals surface area contributed by atoms with Gasteiger partial charge >= 0.3 is 0 Å². The second-order valence-electron chi connectivity index (χ2n) is 4.80. The number of amides is 2. The fraction of sp³-hybridized carbons (Fsp3) is 0.0667. The Bertz CT molecular complexity index is 793. The minimum absolute atomic E-state index is 0.0482. The van der Waals surface area contributed by atoms with Gasteiger partial charge in [0, 0.05) is 23.9 Å². The fourth-order valence-electron chi connectivity index (χ4n) is 2.13. The third-order valence-corrected chi connectivity index (χ3v) is 3.26. The van der Waals surface area contributed by atoms with Crippen LogP contribution in [-0.2, 0) is 16.1 Å². The van der Waals surface area contributed by atoms with Gasteiger partial charge in [0.1, 0.15) is 11.5 Å². The Morgan fingerprint density at radius 1 is 1.17 bits per heavy atom. The number of benzene rings is 1. The Morgan fingerprint density at radius 3 is 2.52 bits per heavy atom. The molecule has 8 heteroatoms. The van der Waals surface area contributed by atoms with Gasteiger partial charge in [-0.2, -0.15) is 0 Å². The van der Waals surface area contributed by atoms with Crippen molar-refractivity contribution >= 4 is 23.2 Å². The van der Waals surface area contributed by atoms with E-state index in [0.29, 0.717) is 11.4 Å². The van der Waals surface area contributed by atoms with Crippen LogP contribution in [0.15, 0.2) is 58.9 Å². The third-order valence-electron chi connectivity index (χ3n) is 3.26. The molecule has 2 aromatic rings. The summed E-state index contributed by atoms with van der Waals surface area (Å²) in [4.78, 5) is 35.3. The van der Waals surface area contributed by atoms with Crippen LogP contribution in [-0.4, -0.2) is 21.6 Å². The van der Waals surface area contributed by atoms with E-state index in [1.165, 1.54) is 36.6 Å². The Labute approximate surface area is 130 Å². The number of hydrogen-bond donors (Lipinski definition) is 1. The second-order valence-corrected chi connectivity index (χ2v) is 4.80. The first-order valence-corrected chi connectivity index (χ1v) is 6.66. The minimum atomic E-state index is -0.515. The van der Waals surface area contributed by atoms with Gasteiger partial charge in [-0.1, -0.05) is 0 Å². The molecule has 1 aromatic heterocycles. The van der Waals surface area contributed by atoms with Gasteiger partial charge < -0.3 is 9.73 Å². The molecule has 0 saturated carbocycles. The normalized spacial score (nSPS) is 14.1. The molecule has 1 aromatic carbocycles. The zero-order valence-electron chi connectivity index (χ0n) is 11.8. The van der Waals surface area contributed by atoms with Crippen LogP contribution in [0.3, 0.4) is 0 Å². The summed E-state index contributed by atoms with van der Waals surface area (Å²) >= 11 is 0. The molecular weight excluding hydrogens is 302 g/mol. The highest BCUT2D eigenvalue weighted by atomic mass is 16.6. The summed E-state index contributed by atoms with van der Waals surface area (Å²) in [6.07, 6.45) is 2.65. The number of nitro groups is 1. The average molecular weight is 313 g/mol. The quantitative estimate of drug-likeness (QED) is 0.514. The number of rotatable bonds is 5. The van der Waals surface area contributed by atoms with Crippen LogP contribution in [0.2, 0.25) is 0 Å². The van der Waals surface area contributed by atoms with Gasteiger partial charge in [-0.15, -0.1) is 0 Å². The van der Waals surface area contributed by atoms with Crippen molar-refractivity contribution in [2.24, 2.45) is 0 Å². The highest BCUT2D eigenvalue weighted by Crippen LogP contribution is 2.21. The first-order valence-electron chi connectivity index (χ1n) is 6.66. The molecule has 0 unspecified atom stereocenters. The highest BCUT2D eigenvalue weighted by molar-refractivity contribution is 6.17. The van der Waals surface area contributed by atoms with E-state index in [1.54, 1.807) is 12.1 Å². The monoisotopic (exact) mass is 313 g/mol. The van der Waals surface area contributed by atoms with Crippen LogP contribution in [0, 0.1) is 10.1 Å². The van der Waals surface area contributed by atoms with E-state index < -0.39 is 16.7 Å². The predicted octanol–water partition coefficient (Wildman–Crippen LogP) is 2.05. The molecule has 0 atom stereocenters. The summed E-state index contributed by atoms with van der Waals surface area (Å²) in [5.74, 6) is -0.433. The predicted molar refractivity (Wildman–Crippen MR) is 79.1 cm³/mol. The summed E-state index contributed by atoms with van der Waals surface area (Å²) in [7, 11) is 0. The molecule has 0 spiro atoms. The summed E-state index contributed by atoms with van der Waals surface area (Å²) in [5.41, 5.74) is 0.524. The summed E-state index contributed by atoms with van der Waals surface area (Å²) in [6.45, 7) is 0.0482. The van der Waals surface area contributed by atoms with E-state index in [-0.39, 0.29) is 17.9 Å². The molecule has 2 amide bonds. The smallest absolute Gasteiger partial charge is 0.277 e. The molecule has 8 nitrogen and oxygen atoms in total. The topological polar surface area (TPSA) is 106 Å². The van der Waals surface area contributed by atoms with Gasteiger partial charge in [-0.3, -0.25) is 24.6 Å². The molecule has 0 bridgehead atoms. The van der Waals surface area contributed by atoms with Crippen molar-refractivity contribution < 1.29 is 18.9 Å². The van der Waals surface area contributed by atoms with Crippen molar-refractivity contribution in [3.63, 3.8) is 0 Å². The van der Waals surface area contributed by atoms with Crippen molar-refractivity contribution in [2.45, 2.75) is 6.54 Å². The molecule has 2 heterocycles. The number of nitro benzene ring substituents is 1. The van der Waals surface area contributed by atoms with E-state index in [9.17, 15) is 19.7 Å². The Kier molecular flexibility index (Phi) is 3.63. The number of imide groups is 1. The van der Waals surface area contributed by atoms with Crippen LogP contribution >= 0.6 is 0 Å². The van der Waals surface area contributed by atoms with Crippen LogP contribution in [0.4, 0.5) is 11.4 Å². The summed E-state index contributed by atoms with van der Waals surface area (Å²) < 4.78 is 5.13. The standard InChI is InChI=1S/C15H11N3O5/c19-14-8-13(15(20)17(14)9-12-2-1-7-23-12)16-10-3-5-11(6-4-10)18(21)22/h1-8,16H,9H2. The SMILES string of the molecule is O=C1C=C(Nc2ccc([N+](=O)[O-])cc2)C(=O)N1Cc1ccco1. The molecule has 1 aliphatic rings. The average Bonchev–Trinajstić information content (AvgIpc) is 3.12. The summed E-state index contributed by atoms with van der Waals surface area (Å²) in [6, 6.07) is 8.89. The van der Waals surface area contributed by atoms with Crippen molar-refractivity contribution in [1.29, 1.82) is 0 Å². The number of non-ortho nitro benzene ring substituents is 1. The molecule has 3 rings (SSSR count). The first-order chi connectivity index (χ1) is 11.0. The van der Waals surface area contributed by atoms with Gasteiger partial charge in [0.05, 0.1) is 17.7 Å². The van der Waals surface area contributed by atoms with E-state index in [1.807, 2.05) is 0 Å². The Balaban J connectivity index is 1.71. The fourth-order valence-corrected chi connectivity index (χ4v) is 2.13. The maximum absolute atomic E-state index is 12.2. The van der Waals surface area contributed by atoms with Crippen molar-refractivity contribution in [2.75, 3.05) is 5.32 Å². The van der Waals surface area contributed by atoms with Crippen molar-refractivity contribution in [1.82, 2.24) is 4.90 Å². The first kappa shape index (κ1) is 14.5. The van der Waals surface area contributed by atoms with Crippen molar-refractivity contribution in [3.8, 4) is 0 Å². The van der Waals surface area contributed by atoms with E-state index in [4.69, 9.17) is 4.42 Å². The van der Waals surface area contributed by atoms with E-state index >= 15 is 0 Å². The molecule has 0 saturated heterocycles. The van der Waals surface area contributed by atoms with Gasteiger partial charge in [0.2, 0.25) is 0 Å². The van der Waals surface area contributed by atoms with Gasteiger partial charge in [-0.05, 0) is 24.3 Å².